The number of nitrogens with zero attached hydrogens (tertiary/aromatic N) is 1. The summed E-state index contributed by atoms with van der Waals surface area (Å²) in [6.45, 7) is 0.103. The predicted molar refractivity (Wildman–Crippen MR) is 66.7 cm³/mol. The van der Waals surface area contributed by atoms with E-state index in [4.69, 9.17) is 0 Å². The van der Waals surface area contributed by atoms with Crippen molar-refractivity contribution in [2.45, 2.75) is 6.42 Å². The average Bonchev–Trinajstić information content (AvgIpc) is 2.37. The third kappa shape index (κ3) is 5.51. The van der Waals surface area contributed by atoms with Gasteiger partial charge >= 0.3 is 5.97 Å². The molecule has 90 valence electrons. The molecule has 0 spiro atoms. The van der Waals surface area contributed by atoms with Crippen molar-refractivity contribution in [2.24, 2.45) is 0 Å². The topological polar surface area (TPSA) is 52.4 Å². The first-order valence-corrected chi connectivity index (χ1v) is 5.29. The lowest BCUT2D eigenvalue weighted by molar-refractivity contribution is -0.451. The minimum Gasteiger partial charge on any atom is -0.624 e. The molecule has 0 unspecified atom stereocenters. The van der Waals surface area contributed by atoms with Crippen molar-refractivity contribution in [3.05, 3.63) is 47.2 Å². The molecule has 0 aromatic heterocycles. The molecule has 0 radical (unpaired) electrons. The lowest BCUT2D eigenvalue weighted by Gasteiger charge is -2.01. The maximum atomic E-state index is 11.3. The first kappa shape index (κ1) is 13.0. The largest absolute Gasteiger partial charge is 0.624 e. The highest BCUT2D eigenvalue weighted by molar-refractivity contribution is 5.75. The van der Waals surface area contributed by atoms with E-state index in [1.807, 2.05) is 36.4 Å². The summed E-state index contributed by atoms with van der Waals surface area (Å²) in [6, 6.07) is 9.65. The number of ether oxygens (including phenoxy) is 1. The van der Waals surface area contributed by atoms with Crippen LogP contribution in [0.1, 0.15) is 12.0 Å². The van der Waals surface area contributed by atoms with Gasteiger partial charge in [-0.15, -0.1) is 0 Å². The van der Waals surface area contributed by atoms with Gasteiger partial charge in [0.2, 0.25) is 0 Å². The number of hydroxylamine groups is 1. The molecule has 0 heterocycles. The fourth-order valence-corrected chi connectivity index (χ4v) is 1.19. The minimum absolute atomic E-state index is 0.0929. The van der Waals surface area contributed by atoms with Crippen LogP contribution in [0.3, 0.4) is 0 Å². The molecule has 0 fully saturated rings. The van der Waals surface area contributed by atoms with Crippen molar-refractivity contribution in [3.8, 4) is 0 Å². The summed E-state index contributed by atoms with van der Waals surface area (Å²) in [7, 11) is 1.30. The van der Waals surface area contributed by atoms with Crippen LogP contribution in [0.15, 0.2) is 36.4 Å². The summed E-state index contributed by atoms with van der Waals surface area (Å²) in [5.41, 5.74) is 1.02. The Kier molecular flexibility index (Phi) is 5.51. The molecular weight excluding hydrogens is 218 g/mol. The number of rotatable bonds is 5. The van der Waals surface area contributed by atoms with E-state index >= 15 is 0 Å². The van der Waals surface area contributed by atoms with Crippen molar-refractivity contribution in [3.63, 3.8) is 0 Å². The highest BCUT2D eigenvalue weighted by Gasteiger charge is 2.02. The van der Waals surface area contributed by atoms with E-state index in [-0.39, 0.29) is 18.9 Å². The van der Waals surface area contributed by atoms with Crippen molar-refractivity contribution < 1.29 is 14.3 Å². The standard InChI is InChI=1S/C13H15NO3/c1-17-13(15)9-11-14(16)10-5-8-12-6-3-2-4-7-12/h2-8,10H,9,11H2,1H3/b8-5+,14-10-. The first-order chi connectivity index (χ1) is 8.22. The van der Waals surface area contributed by atoms with Gasteiger partial charge in [-0.3, -0.25) is 4.79 Å². The molecule has 1 rings (SSSR count). The van der Waals surface area contributed by atoms with E-state index < -0.39 is 0 Å². The highest BCUT2D eigenvalue weighted by atomic mass is 16.5. The molecule has 0 saturated carbocycles. The zero-order chi connectivity index (χ0) is 12.5. The number of carbonyl (C=O) groups is 1. The monoisotopic (exact) mass is 233 g/mol. The van der Waals surface area contributed by atoms with Crippen molar-refractivity contribution in [2.75, 3.05) is 13.7 Å². The first-order valence-electron chi connectivity index (χ1n) is 5.29. The van der Waals surface area contributed by atoms with Crippen LogP contribution < -0.4 is 0 Å². The summed E-state index contributed by atoms with van der Waals surface area (Å²) in [4.78, 5) is 10.8. The van der Waals surface area contributed by atoms with Crippen LogP contribution >= 0.6 is 0 Å². The van der Waals surface area contributed by atoms with Gasteiger partial charge in [0.05, 0.1) is 7.11 Å². The number of carbonyl (C=O) groups excluding carboxylic acids is 1. The van der Waals surface area contributed by atoms with Crippen LogP contribution in [-0.4, -0.2) is 30.6 Å². The van der Waals surface area contributed by atoms with Gasteiger partial charge in [-0.25, -0.2) is 4.74 Å². The van der Waals surface area contributed by atoms with E-state index in [9.17, 15) is 10.0 Å². The summed E-state index contributed by atoms with van der Waals surface area (Å²) in [5.74, 6) is -0.383. The molecule has 0 N–H and O–H groups in total. The second-order valence-corrected chi connectivity index (χ2v) is 3.39. The molecule has 0 aliphatic carbocycles. The molecule has 1 aromatic rings. The second kappa shape index (κ2) is 7.22. The van der Waals surface area contributed by atoms with Gasteiger partial charge in [-0.05, 0) is 11.6 Å². The molecule has 0 aliphatic rings. The van der Waals surface area contributed by atoms with Crippen molar-refractivity contribution in [1.82, 2.24) is 0 Å². The van der Waals surface area contributed by atoms with Gasteiger partial charge in [0.25, 0.3) is 0 Å². The summed E-state index contributed by atoms with van der Waals surface area (Å²) in [5, 5.41) is 11.3. The van der Waals surface area contributed by atoms with Crippen LogP contribution in [0.2, 0.25) is 0 Å². The molecule has 0 saturated heterocycles. The Labute approximate surface area is 100 Å². The summed E-state index contributed by atoms with van der Waals surface area (Å²) in [6.07, 6.45) is 4.95. The van der Waals surface area contributed by atoms with Crippen LogP contribution in [0.4, 0.5) is 0 Å². The Morgan fingerprint density at radius 3 is 2.76 bits per heavy atom. The lowest BCUT2D eigenvalue weighted by Crippen LogP contribution is -2.12. The van der Waals surface area contributed by atoms with Crippen LogP contribution in [-0.2, 0) is 9.53 Å². The fourth-order valence-electron chi connectivity index (χ4n) is 1.19. The third-order valence-electron chi connectivity index (χ3n) is 2.10. The van der Waals surface area contributed by atoms with Gasteiger partial charge in [0.1, 0.15) is 6.42 Å². The molecular formula is C13H15NO3. The Morgan fingerprint density at radius 1 is 1.41 bits per heavy atom. The number of benzene rings is 1. The maximum absolute atomic E-state index is 11.3. The minimum atomic E-state index is -0.383. The van der Waals surface area contributed by atoms with Gasteiger partial charge in [0, 0.05) is 6.08 Å². The Hall–Kier alpha value is -2.10. The molecule has 4 heteroatoms. The van der Waals surface area contributed by atoms with Gasteiger partial charge in [-0.2, -0.15) is 0 Å². The molecule has 0 bridgehead atoms. The van der Waals surface area contributed by atoms with Crippen LogP contribution in [0.25, 0.3) is 6.08 Å². The van der Waals surface area contributed by atoms with Gasteiger partial charge in [0.15, 0.2) is 12.8 Å². The van der Waals surface area contributed by atoms with Crippen LogP contribution in [0, 0.1) is 5.21 Å². The normalized spacial score (nSPS) is 11.7. The average molecular weight is 233 g/mol. The summed E-state index contributed by atoms with van der Waals surface area (Å²) < 4.78 is 5.14. The third-order valence-corrected chi connectivity index (χ3v) is 2.10. The van der Waals surface area contributed by atoms with Crippen molar-refractivity contribution in [1.29, 1.82) is 0 Å². The van der Waals surface area contributed by atoms with Crippen LogP contribution in [0.5, 0.6) is 0 Å². The van der Waals surface area contributed by atoms with Gasteiger partial charge < -0.3 is 9.94 Å². The number of hydrogen-bond acceptors (Lipinski definition) is 3. The zero-order valence-corrected chi connectivity index (χ0v) is 9.70. The van der Waals surface area contributed by atoms with Crippen molar-refractivity contribution >= 4 is 18.3 Å². The second-order valence-electron chi connectivity index (χ2n) is 3.39. The molecule has 0 amide bonds. The Balaban J connectivity index is 2.42. The van der Waals surface area contributed by atoms with E-state index in [1.165, 1.54) is 13.3 Å². The smallest absolute Gasteiger partial charge is 0.311 e. The maximum Gasteiger partial charge on any atom is 0.311 e. The van der Waals surface area contributed by atoms with Gasteiger partial charge in [-0.1, -0.05) is 30.3 Å². The summed E-state index contributed by atoms with van der Waals surface area (Å²) >= 11 is 0. The Morgan fingerprint density at radius 2 is 2.12 bits per heavy atom. The SMILES string of the molecule is COC(=O)CC/[N+]([O-])=C/C=C/c1ccccc1. The molecule has 0 atom stereocenters. The van der Waals surface area contributed by atoms with E-state index in [2.05, 4.69) is 4.74 Å². The number of allylic oxidation sites excluding steroid dienone is 1. The zero-order valence-electron chi connectivity index (χ0n) is 9.70. The number of esters is 1. The number of hydrogen-bond donors (Lipinski definition) is 0. The van der Waals surface area contributed by atoms with E-state index in [0.717, 1.165) is 5.56 Å². The molecule has 0 aliphatic heterocycles. The predicted octanol–water partition coefficient (Wildman–Crippen LogP) is 1.84. The van der Waals surface area contributed by atoms with E-state index in [0.29, 0.717) is 4.74 Å². The quantitative estimate of drug-likeness (QED) is 0.256. The molecule has 17 heavy (non-hydrogen) atoms. The Bertz CT molecular complexity index is 410. The highest BCUT2D eigenvalue weighted by Crippen LogP contribution is 1.99. The van der Waals surface area contributed by atoms with E-state index in [1.54, 1.807) is 6.08 Å². The number of methoxy groups -OCH3 is 1. The molecule has 1 aromatic carbocycles. The lowest BCUT2D eigenvalue weighted by atomic mass is 10.2. The molecule has 4 nitrogen and oxygen atoms in total. The fraction of sp³-hybridized carbons (Fsp3) is 0.231.